The van der Waals surface area contributed by atoms with Gasteiger partial charge in [-0.25, -0.2) is 0 Å². The van der Waals surface area contributed by atoms with Crippen LogP contribution in [0.25, 0.3) is 0 Å². The van der Waals surface area contributed by atoms with E-state index < -0.39 is 0 Å². The molecule has 0 saturated heterocycles. The highest BCUT2D eigenvalue weighted by atomic mass is 16.2. The van der Waals surface area contributed by atoms with Gasteiger partial charge in [0.25, 0.3) is 0 Å². The van der Waals surface area contributed by atoms with Crippen molar-refractivity contribution in [2.24, 2.45) is 0 Å². The molecule has 1 atom stereocenters. The molecule has 26 heavy (non-hydrogen) atoms. The molecular formula is C22H18N2O2. The average Bonchev–Trinajstić information content (AvgIpc) is 2.68. The zero-order valence-electron chi connectivity index (χ0n) is 14.3. The van der Waals surface area contributed by atoms with Crippen molar-refractivity contribution < 1.29 is 9.59 Å². The Morgan fingerprint density at radius 1 is 0.962 bits per heavy atom. The predicted octanol–water partition coefficient (Wildman–Crippen LogP) is 4.09. The molecule has 1 heterocycles. The van der Waals surface area contributed by atoms with Gasteiger partial charge in [0.1, 0.15) is 6.07 Å². The number of allylic oxidation sites excluding steroid dienone is 2. The predicted molar refractivity (Wildman–Crippen MR) is 98.3 cm³/mol. The molecule has 2 aliphatic rings. The van der Waals surface area contributed by atoms with Crippen molar-refractivity contribution in [3.05, 3.63) is 77.0 Å². The largest absolute Gasteiger partial charge is 0.294 e. The van der Waals surface area contributed by atoms with Crippen molar-refractivity contribution >= 4 is 17.4 Å². The maximum Gasteiger partial charge on any atom is 0.232 e. The second kappa shape index (κ2) is 6.61. The quantitative estimate of drug-likeness (QED) is 0.826. The number of carbonyl (C=O) groups excluding carboxylic acids is 2. The van der Waals surface area contributed by atoms with E-state index in [-0.39, 0.29) is 24.0 Å². The molecule has 1 unspecified atom stereocenters. The van der Waals surface area contributed by atoms with E-state index in [9.17, 15) is 14.9 Å². The van der Waals surface area contributed by atoms with Gasteiger partial charge in [-0.3, -0.25) is 14.5 Å². The van der Waals surface area contributed by atoms with Gasteiger partial charge in [0, 0.05) is 30.0 Å². The van der Waals surface area contributed by atoms with Crippen LogP contribution in [-0.2, 0) is 9.59 Å². The van der Waals surface area contributed by atoms with Crippen LogP contribution < -0.4 is 4.90 Å². The van der Waals surface area contributed by atoms with E-state index in [1.165, 1.54) is 0 Å². The van der Waals surface area contributed by atoms with Crippen LogP contribution in [0.5, 0.6) is 0 Å². The highest BCUT2D eigenvalue weighted by Gasteiger charge is 2.40. The van der Waals surface area contributed by atoms with Gasteiger partial charge in [0.2, 0.25) is 5.91 Å². The molecule has 0 aromatic heterocycles. The van der Waals surface area contributed by atoms with Gasteiger partial charge in [-0.2, -0.15) is 5.26 Å². The number of amides is 1. The summed E-state index contributed by atoms with van der Waals surface area (Å²) in [6.07, 6.45) is 2.17. The van der Waals surface area contributed by atoms with Crippen LogP contribution in [-0.4, -0.2) is 11.7 Å². The van der Waals surface area contributed by atoms with E-state index >= 15 is 0 Å². The van der Waals surface area contributed by atoms with Crippen molar-refractivity contribution in [2.45, 2.75) is 31.6 Å². The second-order valence-corrected chi connectivity index (χ2v) is 6.66. The number of Topliss-reactive ketones (excluding diaryl/α,β-unsaturated/α-hetero) is 1. The summed E-state index contributed by atoms with van der Waals surface area (Å²) in [6.45, 7) is 0. The summed E-state index contributed by atoms with van der Waals surface area (Å²) in [5, 5.41) is 9.44. The minimum atomic E-state index is -0.197. The maximum absolute atomic E-state index is 13.1. The summed E-state index contributed by atoms with van der Waals surface area (Å²) in [6, 6.07) is 19.0. The van der Waals surface area contributed by atoms with E-state index in [0.29, 0.717) is 24.1 Å². The molecule has 4 rings (SSSR count). The van der Waals surface area contributed by atoms with Gasteiger partial charge in [0.05, 0.1) is 11.3 Å². The van der Waals surface area contributed by atoms with E-state index in [1.807, 2.05) is 36.4 Å². The topological polar surface area (TPSA) is 61.2 Å². The number of hydrogen-bond donors (Lipinski definition) is 0. The smallest absolute Gasteiger partial charge is 0.232 e. The maximum atomic E-state index is 13.1. The third kappa shape index (κ3) is 2.62. The SMILES string of the molecule is N#Cc1ccccc1N1C(=O)CC(c2ccccc2)C2=C1CCCC2=O. The van der Waals surface area contributed by atoms with Crippen LogP contribution in [0, 0.1) is 11.3 Å². The number of ketones is 1. The molecule has 0 bridgehead atoms. The number of benzene rings is 2. The summed E-state index contributed by atoms with van der Waals surface area (Å²) in [4.78, 5) is 27.5. The number of rotatable bonds is 2. The molecule has 0 saturated carbocycles. The van der Waals surface area contributed by atoms with Gasteiger partial charge < -0.3 is 0 Å². The molecule has 4 nitrogen and oxygen atoms in total. The third-order valence-electron chi connectivity index (χ3n) is 5.14. The molecule has 2 aromatic rings. The van der Waals surface area contributed by atoms with Crippen molar-refractivity contribution in [1.82, 2.24) is 0 Å². The zero-order valence-corrected chi connectivity index (χ0v) is 14.3. The van der Waals surface area contributed by atoms with Crippen molar-refractivity contribution in [2.75, 3.05) is 4.90 Å². The van der Waals surface area contributed by atoms with Gasteiger partial charge >= 0.3 is 0 Å². The van der Waals surface area contributed by atoms with E-state index in [0.717, 1.165) is 23.3 Å². The standard InChI is InChI=1S/C22H18N2O2/c23-14-16-9-4-5-10-18(16)24-19-11-6-12-20(25)22(19)17(13-21(24)26)15-7-2-1-3-8-15/h1-5,7-10,17H,6,11-13H2. The molecule has 0 N–H and O–H groups in total. The Kier molecular flexibility index (Phi) is 4.14. The Hall–Kier alpha value is -3.19. The number of nitriles is 1. The second-order valence-electron chi connectivity index (χ2n) is 6.66. The lowest BCUT2D eigenvalue weighted by Gasteiger charge is -2.38. The lowest BCUT2D eigenvalue weighted by atomic mass is 9.77. The first kappa shape index (κ1) is 16.3. The van der Waals surface area contributed by atoms with Crippen LogP contribution in [0.15, 0.2) is 65.9 Å². The number of para-hydroxylation sites is 1. The summed E-state index contributed by atoms with van der Waals surface area (Å²) >= 11 is 0. The van der Waals surface area contributed by atoms with E-state index in [4.69, 9.17) is 0 Å². The first-order chi connectivity index (χ1) is 12.7. The van der Waals surface area contributed by atoms with Gasteiger partial charge in [0.15, 0.2) is 5.78 Å². The minimum Gasteiger partial charge on any atom is -0.294 e. The fourth-order valence-corrected chi connectivity index (χ4v) is 4.01. The van der Waals surface area contributed by atoms with Gasteiger partial charge in [-0.05, 0) is 30.5 Å². The molecule has 4 heteroatoms. The molecule has 0 spiro atoms. The Labute approximate surface area is 152 Å². The normalized spacial score (nSPS) is 20.0. The molecule has 0 radical (unpaired) electrons. The fraction of sp³-hybridized carbons (Fsp3) is 0.227. The Bertz CT molecular complexity index is 954. The number of hydrogen-bond acceptors (Lipinski definition) is 3. The van der Waals surface area contributed by atoms with Crippen molar-refractivity contribution in [3.8, 4) is 6.07 Å². The summed E-state index contributed by atoms with van der Waals surface area (Å²) in [5.41, 5.74) is 3.54. The van der Waals surface area contributed by atoms with Crippen LogP contribution in [0.4, 0.5) is 5.69 Å². The Morgan fingerprint density at radius 2 is 1.69 bits per heavy atom. The van der Waals surface area contributed by atoms with Crippen LogP contribution >= 0.6 is 0 Å². The highest BCUT2D eigenvalue weighted by Crippen LogP contribution is 2.43. The lowest BCUT2D eigenvalue weighted by molar-refractivity contribution is -0.119. The first-order valence-corrected chi connectivity index (χ1v) is 8.84. The highest BCUT2D eigenvalue weighted by molar-refractivity contribution is 6.07. The van der Waals surface area contributed by atoms with Crippen LogP contribution in [0.1, 0.15) is 42.7 Å². The summed E-state index contributed by atoms with van der Waals surface area (Å²) < 4.78 is 0. The van der Waals surface area contributed by atoms with Crippen LogP contribution in [0.2, 0.25) is 0 Å². The Morgan fingerprint density at radius 3 is 2.46 bits per heavy atom. The molecule has 0 fully saturated rings. The van der Waals surface area contributed by atoms with E-state index in [1.54, 1.807) is 23.1 Å². The number of anilines is 1. The summed E-state index contributed by atoms with van der Waals surface area (Å²) in [5.74, 6) is -0.140. The monoisotopic (exact) mass is 342 g/mol. The van der Waals surface area contributed by atoms with E-state index in [2.05, 4.69) is 6.07 Å². The molecule has 2 aromatic carbocycles. The summed E-state index contributed by atoms with van der Waals surface area (Å²) in [7, 11) is 0. The zero-order chi connectivity index (χ0) is 18.1. The van der Waals surface area contributed by atoms with Crippen LogP contribution in [0.3, 0.4) is 0 Å². The molecule has 128 valence electrons. The first-order valence-electron chi connectivity index (χ1n) is 8.84. The molecular weight excluding hydrogens is 324 g/mol. The van der Waals surface area contributed by atoms with Gasteiger partial charge in [-0.15, -0.1) is 0 Å². The molecule has 1 aliphatic heterocycles. The number of nitrogens with zero attached hydrogens (tertiary/aromatic N) is 2. The Balaban J connectivity index is 1.90. The lowest BCUT2D eigenvalue weighted by Crippen LogP contribution is -2.40. The van der Waals surface area contributed by atoms with Crippen molar-refractivity contribution in [3.63, 3.8) is 0 Å². The fourth-order valence-electron chi connectivity index (χ4n) is 4.01. The van der Waals surface area contributed by atoms with Crippen molar-refractivity contribution in [1.29, 1.82) is 5.26 Å². The third-order valence-corrected chi connectivity index (χ3v) is 5.14. The number of carbonyl (C=O) groups is 2. The molecule has 1 aliphatic carbocycles. The minimum absolute atomic E-state index is 0.0602. The molecule has 1 amide bonds. The van der Waals surface area contributed by atoms with Gasteiger partial charge in [-0.1, -0.05) is 42.5 Å². The average molecular weight is 342 g/mol.